The summed E-state index contributed by atoms with van der Waals surface area (Å²) < 4.78 is 30.7. The van der Waals surface area contributed by atoms with Crippen molar-refractivity contribution in [2.75, 3.05) is 12.9 Å². The lowest BCUT2D eigenvalue weighted by atomic mass is 10.1. The number of sulfone groups is 1. The van der Waals surface area contributed by atoms with Crippen molar-refractivity contribution in [1.29, 1.82) is 0 Å². The van der Waals surface area contributed by atoms with Crippen LogP contribution in [0.2, 0.25) is 5.02 Å². The maximum Gasteiger partial charge on any atom is 0.314 e. The van der Waals surface area contributed by atoms with Gasteiger partial charge >= 0.3 is 5.56 Å². The van der Waals surface area contributed by atoms with E-state index in [1.165, 1.54) is 16.8 Å². The molecule has 0 atom stereocenters. The van der Waals surface area contributed by atoms with E-state index < -0.39 is 15.4 Å². The first-order valence-electron chi connectivity index (χ1n) is 9.98. The fourth-order valence-corrected chi connectivity index (χ4v) is 3.94. The molecular formula is C23H25ClN2O4S. The molecule has 31 heavy (non-hydrogen) atoms. The summed E-state index contributed by atoms with van der Waals surface area (Å²) in [7, 11) is -3.32. The van der Waals surface area contributed by atoms with E-state index in [-0.39, 0.29) is 10.6 Å². The Kier molecular flexibility index (Phi) is 7.18. The van der Waals surface area contributed by atoms with Crippen LogP contribution in [0.4, 0.5) is 0 Å². The molecule has 6 nitrogen and oxygen atoms in total. The Bertz CT molecular complexity index is 1220. The van der Waals surface area contributed by atoms with Gasteiger partial charge in [0.15, 0.2) is 15.6 Å². The van der Waals surface area contributed by atoms with Gasteiger partial charge in [-0.1, -0.05) is 43.6 Å². The number of hydrogen-bond acceptors (Lipinski definition) is 5. The zero-order chi connectivity index (χ0) is 22.6. The summed E-state index contributed by atoms with van der Waals surface area (Å²) in [5, 5.41) is 4.79. The highest BCUT2D eigenvalue weighted by molar-refractivity contribution is 7.90. The molecule has 0 aliphatic rings. The van der Waals surface area contributed by atoms with Gasteiger partial charge in [0.25, 0.3) is 0 Å². The van der Waals surface area contributed by atoms with Gasteiger partial charge in [-0.15, -0.1) is 0 Å². The van der Waals surface area contributed by atoms with Crippen LogP contribution in [0, 0.1) is 5.92 Å². The quantitative estimate of drug-likeness (QED) is 0.452. The number of rotatable bonds is 8. The average Bonchev–Trinajstić information content (AvgIpc) is 2.71. The Balaban J connectivity index is 2.05. The Morgan fingerprint density at radius 2 is 1.84 bits per heavy atom. The predicted octanol–water partition coefficient (Wildman–Crippen LogP) is 4.77. The van der Waals surface area contributed by atoms with Crippen LogP contribution < -0.4 is 10.3 Å². The van der Waals surface area contributed by atoms with Crippen LogP contribution in [-0.2, 0) is 9.84 Å². The monoisotopic (exact) mass is 460 g/mol. The first kappa shape index (κ1) is 23.0. The number of ether oxygens (including phenoxy) is 1. The van der Waals surface area contributed by atoms with Crippen LogP contribution in [0.3, 0.4) is 0 Å². The summed E-state index contributed by atoms with van der Waals surface area (Å²) in [4.78, 5) is 13.5. The van der Waals surface area contributed by atoms with E-state index >= 15 is 0 Å². The van der Waals surface area contributed by atoms with Crippen molar-refractivity contribution >= 4 is 21.4 Å². The van der Waals surface area contributed by atoms with Crippen LogP contribution in [-0.4, -0.2) is 31.1 Å². The Hall–Kier alpha value is -2.64. The lowest BCUT2D eigenvalue weighted by molar-refractivity contribution is 0.293. The highest BCUT2D eigenvalue weighted by Gasteiger charge is 2.17. The molecule has 0 saturated carbocycles. The number of halogens is 1. The molecule has 0 unspecified atom stereocenters. The second-order valence-corrected chi connectivity index (χ2v) is 10.2. The van der Waals surface area contributed by atoms with Crippen molar-refractivity contribution in [3.63, 3.8) is 0 Å². The van der Waals surface area contributed by atoms with Crippen LogP contribution >= 0.6 is 11.6 Å². The number of nitrogens with zero attached hydrogens (tertiary/aromatic N) is 2. The van der Waals surface area contributed by atoms with Gasteiger partial charge in [0, 0.05) is 16.8 Å². The number of aromatic nitrogens is 2. The third-order valence-corrected chi connectivity index (χ3v) is 6.12. The first-order chi connectivity index (χ1) is 14.7. The summed E-state index contributed by atoms with van der Waals surface area (Å²) in [5.41, 5.74) is 1.28. The van der Waals surface area contributed by atoms with Crippen molar-refractivity contribution in [2.24, 2.45) is 5.92 Å². The van der Waals surface area contributed by atoms with Gasteiger partial charge in [-0.05, 0) is 54.7 Å². The maximum absolute atomic E-state index is 13.3. The third-order valence-electron chi connectivity index (χ3n) is 4.75. The van der Waals surface area contributed by atoms with Crippen molar-refractivity contribution < 1.29 is 13.2 Å². The number of benzene rings is 2. The highest BCUT2D eigenvalue weighted by Crippen LogP contribution is 2.28. The Labute approximate surface area is 187 Å². The molecule has 3 aromatic rings. The molecule has 0 aliphatic heterocycles. The molecule has 0 saturated heterocycles. The molecule has 0 spiro atoms. The van der Waals surface area contributed by atoms with Gasteiger partial charge in [0.05, 0.1) is 23.4 Å². The molecule has 3 rings (SSSR count). The van der Waals surface area contributed by atoms with Crippen LogP contribution in [0.25, 0.3) is 16.8 Å². The highest BCUT2D eigenvalue weighted by atomic mass is 35.5. The number of hydrogen-bond donors (Lipinski definition) is 0. The van der Waals surface area contributed by atoms with E-state index in [1.54, 1.807) is 42.6 Å². The van der Waals surface area contributed by atoms with Gasteiger partial charge in [-0.25, -0.2) is 8.42 Å². The summed E-state index contributed by atoms with van der Waals surface area (Å²) in [5.74, 6) is 0.706. The fourth-order valence-electron chi connectivity index (χ4n) is 3.12. The van der Waals surface area contributed by atoms with Crippen molar-refractivity contribution in [3.05, 3.63) is 70.1 Å². The van der Waals surface area contributed by atoms with Crippen molar-refractivity contribution in [1.82, 2.24) is 9.78 Å². The molecule has 0 fully saturated rings. The molecule has 1 aromatic heterocycles. The maximum atomic E-state index is 13.3. The first-order valence-corrected chi connectivity index (χ1v) is 12.3. The fraction of sp³-hybridized carbons (Fsp3) is 0.304. The van der Waals surface area contributed by atoms with E-state index in [0.29, 0.717) is 34.4 Å². The smallest absolute Gasteiger partial charge is 0.314 e. The molecule has 164 valence electrons. The minimum atomic E-state index is -3.32. The van der Waals surface area contributed by atoms with Gasteiger partial charge in [-0.2, -0.15) is 9.78 Å². The summed E-state index contributed by atoms with van der Waals surface area (Å²) >= 11 is 6.07. The molecule has 8 heteroatoms. The van der Waals surface area contributed by atoms with E-state index in [2.05, 4.69) is 18.9 Å². The minimum absolute atomic E-state index is 0.172. The molecule has 0 bridgehead atoms. The second-order valence-electron chi connectivity index (χ2n) is 7.77. The largest absolute Gasteiger partial charge is 0.487 e. The van der Waals surface area contributed by atoms with Crippen molar-refractivity contribution in [3.8, 4) is 22.6 Å². The third kappa shape index (κ3) is 5.74. The van der Waals surface area contributed by atoms with E-state index in [9.17, 15) is 13.2 Å². The SMILES string of the molecule is CC(C)CCCOc1c(-c2ccc(S(C)(=O)=O)cc2)cnn(-c2cccc(Cl)c2)c1=O. The molecule has 0 amide bonds. The lowest BCUT2D eigenvalue weighted by Crippen LogP contribution is -2.24. The normalized spacial score (nSPS) is 11.6. The van der Waals surface area contributed by atoms with Gasteiger partial charge in [-0.3, -0.25) is 4.79 Å². The Morgan fingerprint density at radius 3 is 2.45 bits per heavy atom. The standard InChI is InChI=1S/C23H25ClN2O4S/c1-16(2)6-5-13-30-22-21(17-9-11-20(12-10-17)31(3,28)29)15-25-26(23(22)27)19-8-4-7-18(24)14-19/h4,7-12,14-16H,5-6,13H2,1-3H3. The van der Waals surface area contributed by atoms with E-state index in [1.807, 2.05) is 0 Å². The molecule has 1 heterocycles. The zero-order valence-corrected chi connectivity index (χ0v) is 19.3. The van der Waals surface area contributed by atoms with Gasteiger partial charge < -0.3 is 4.74 Å². The topological polar surface area (TPSA) is 78.3 Å². The second kappa shape index (κ2) is 9.66. The molecule has 0 aliphatic carbocycles. The molecule has 2 aromatic carbocycles. The molecule has 0 radical (unpaired) electrons. The summed E-state index contributed by atoms with van der Waals surface area (Å²) in [6.45, 7) is 4.65. The minimum Gasteiger partial charge on any atom is -0.487 e. The zero-order valence-electron chi connectivity index (χ0n) is 17.7. The average molecular weight is 461 g/mol. The van der Waals surface area contributed by atoms with Gasteiger partial charge in [0.2, 0.25) is 0 Å². The van der Waals surface area contributed by atoms with Crippen LogP contribution in [0.15, 0.2) is 64.4 Å². The van der Waals surface area contributed by atoms with Crippen molar-refractivity contribution in [2.45, 2.75) is 31.6 Å². The van der Waals surface area contributed by atoms with Crippen LogP contribution in [0.1, 0.15) is 26.7 Å². The van der Waals surface area contributed by atoms with Gasteiger partial charge in [0.1, 0.15) is 0 Å². The Morgan fingerprint density at radius 1 is 1.13 bits per heavy atom. The lowest BCUT2D eigenvalue weighted by Gasteiger charge is -2.14. The molecule has 0 N–H and O–H groups in total. The van der Waals surface area contributed by atoms with E-state index in [4.69, 9.17) is 16.3 Å². The summed E-state index contributed by atoms with van der Waals surface area (Å²) in [6, 6.07) is 13.2. The van der Waals surface area contributed by atoms with E-state index in [0.717, 1.165) is 19.1 Å². The predicted molar refractivity (Wildman–Crippen MR) is 123 cm³/mol. The molecular weight excluding hydrogens is 436 g/mol. The van der Waals surface area contributed by atoms with Crippen LogP contribution in [0.5, 0.6) is 5.75 Å². The summed E-state index contributed by atoms with van der Waals surface area (Å²) in [6.07, 6.45) is 4.49.